The Hall–Kier alpha value is -1.17. The van der Waals surface area contributed by atoms with Gasteiger partial charge in [0.2, 0.25) is 12.4 Å². The van der Waals surface area contributed by atoms with E-state index in [1.165, 1.54) is 0 Å². The minimum Gasteiger partial charge on any atom is -0.395 e. The summed E-state index contributed by atoms with van der Waals surface area (Å²) in [6.45, 7) is 1.77. The van der Waals surface area contributed by atoms with Gasteiger partial charge in [-0.1, -0.05) is 0 Å². The SMILES string of the molecule is CO[C@@H]1CC(CO)N(Cc2cc[n+](O)cc2)C1. The van der Waals surface area contributed by atoms with Crippen LogP contribution in [0.3, 0.4) is 0 Å². The minimum absolute atomic E-state index is 0.159. The summed E-state index contributed by atoms with van der Waals surface area (Å²) in [7, 11) is 1.71. The van der Waals surface area contributed by atoms with E-state index in [9.17, 15) is 5.11 Å². The number of ether oxygens (including phenoxy) is 1. The summed E-state index contributed by atoms with van der Waals surface area (Å²) >= 11 is 0. The van der Waals surface area contributed by atoms with Gasteiger partial charge in [0.15, 0.2) is 0 Å². The maximum absolute atomic E-state index is 9.33. The summed E-state index contributed by atoms with van der Waals surface area (Å²) in [4.78, 5) is 2.21. The number of likely N-dealkylation sites (tertiary alicyclic amines) is 1. The molecule has 1 aromatic rings. The number of aliphatic hydroxyl groups is 1. The number of aromatic nitrogens is 1. The Morgan fingerprint density at radius 1 is 1.47 bits per heavy atom. The molecule has 5 nitrogen and oxygen atoms in total. The van der Waals surface area contributed by atoms with Crippen molar-refractivity contribution in [2.45, 2.75) is 25.1 Å². The molecule has 2 rings (SSSR count). The van der Waals surface area contributed by atoms with E-state index >= 15 is 0 Å². The molecule has 0 saturated carbocycles. The van der Waals surface area contributed by atoms with Crippen molar-refractivity contribution in [3.05, 3.63) is 30.1 Å². The van der Waals surface area contributed by atoms with Gasteiger partial charge >= 0.3 is 0 Å². The summed E-state index contributed by atoms with van der Waals surface area (Å²) in [5.41, 5.74) is 1.12. The first-order valence-corrected chi connectivity index (χ1v) is 5.80. The van der Waals surface area contributed by atoms with Gasteiger partial charge in [-0.15, -0.1) is 0 Å². The van der Waals surface area contributed by atoms with Crippen molar-refractivity contribution in [2.75, 3.05) is 20.3 Å². The molecule has 94 valence electrons. The average Bonchev–Trinajstić information content (AvgIpc) is 2.74. The summed E-state index contributed by atoms with van der Waals surface area (Å²) in [6.07, 6.45) is 4.29. The standard InChI is InChI=1S/C12H19N2O3/c1-17-12-6-11(9-15)13(8-12)7-10-2-4-14(16)5-3-10/h2-5,11-12,15-16H,6-9H2,1H3/q+1/t11?,12-/m1/s1. The van der Waals surface area contributed by atoms with E-state index in [1.54, 1.807) is 19.5 Å². The molecule has 1 aromatic heterocycles. The molecule has 0 spiro atoms. The molecule has 0 amide bonds. The lowest BCUT2D eigenvalue weighted by molar-refractivity contribution is -0.904. The second kappa shape index (κ2) is 5.44. The molecular formula is C12H19N2O3+. The Morgan fingerprint density at radius 2 is 2.18 bits per heavy atom. The van der Waals surface area contributed by atoms with E-state index in [0.29, 0.717) is 0 Å². The van der Waals surface area contributed by atoms with Crippen LogP contribution in [0.5, 0.6) is 0 Å². The molecule has 1 fully saturated rings. The van der Waals surface area contributed by atoms with Crippen molar-refractivity contribution in [1.82, 2.24) is 4.90 Å². The Morgan fingerprint density at radius 3 is 2.76 bits per heavy atom. The van der Waals surface area contributed by atoms with Crippen LogP contribution in [0.15, 0.2) is 24.5 Å². The minimum atomic E-state index is 0.159. The zero-order valence-corrected chi connectivity index (χ0v) is 9.99. The third-order valence-electron chi connectivity index (χ3n) is 3.30. The lowest BCUT2D eigenvalue weighted by Crippen LogP contribution is -2.33. The third kappa shape index (κ3) is 2.94. The van der Waals surface area contributed by atoms with Crippen LogP contribution in [0.2, 0.25) is 0 Å². The summed E-state index contributed by atoms with van der Waals surface area (Å²) in [5, 5.41) is 18.5. The average molecular weight is 239 g/mol. The van der Waals surface area contributed by atoms with Gasteiger partial charge in [0.1, 0.15) is 0 Å². The van der Waals surface area contributed by atoms with Crippen LogP contribution in [-0.4, -0.2) is 47.6 Å². The zero-order chi connectivity index (χ0) is 12.3. The van der Waals surface area contributed by atoms with Crippen LogP contribution in [0.25, 0.3) is 0 Å². The Bertz CT molecular complexity index is 355. The highest BCUT2D eigenvalue weighted by molar-refractivity contribution is 5.08. The van der Waals surface area contributed by atoms with Crippen LogP contribution >= 0.6 is 0 Å². The maximum Gasteiger partial charge on any atom is 0.222 e. The molecule has 1 aliphatic rings. The quantitative estimate of drug-likeness (QED) is 0.564. The normalized spacial score (nSPS) is 25.3. The van der Waals surface area contributed by atoms with Gasteiger partial charge in [0.25, 0.3) is 0 Å². The fourth-order valence-corrected chi connectivity index (χ4v) is 2.28. The predicted octanol–water partition coefficient (Wildman–Crippen LogP) is -0.207. The lowest BCUT2D eigenvalue weighted by Gasteiger charge is -2.21. The van der Waals surface area contributed by atoms with Crippen molar-refractivity contribution in [3.63, 3.8) is 0 Å². The van der Waals surface area contributed by atoms with Gasteiger partial charge < -0.3 is 9.84 Å². The monoisotopic (exact) mass is 239 g/mol. The van der Waals surface area contributed by atoms with E-state index in [2.05, 4.69) is 4.90 Å². The summed E-state index contributed by atoms with van der Waals surface area (Å²) in [6, 6.07) is 3.91. The summed E-state index contributed by atoms with van der Waals surface area (Å²) in [5.74, 6) is 0. The fourth-order valence-electron chi connectivity index (χ4n) is 2.28. The van der Waals surface area contributed by atoms with Gasteiger partial charge in [-0.2, -0.15) is 0 Å². The first kappa shape index (κ1) is 12.3. The van der Waals surface area contributed by atoms with E-state index in [4.69, 9.17) is 9.94 Å². The number of aliphatic hydroxyl groups excluding tert-OH is 1. The van der Waals surface area contributed by atoms with Crippen molar-refractivity contribution in [1.29, 1.82) is 0 Å². The van der Waals surface area contributed by atoms with E-state index in [-0.39, 0.29) is 18.8 Å². The molecule has 2 atom stereocenters. The number of hydrogen-bond donors (Lipinski definition) is 2. The Labute approximate surface area is 101 Å². The number of nitrogens with zero attached hydrogens (tertiary/aromatic N) is 2. The van der Waals surface area contributed by atoms with Gasteiger partial charge in [0.05, 0.1) is 12.7 Å². The lowest BCUT2D eigenvalue weighted by atomic mass is 10.2. The van der Waals surface area contributed by atoms with Crippen molar-refractivity contribution in [2.24, 2.45) is 0 Å². The van der Waals surface area contributed by atoms with Gasteiger partial charge in [0, 0.05) is 43.1 Å². The number of pyridine rings is 1. The molecule has 1 unspecified atom stereocenters. The molecule has 5 heteroatoms. The van der Waals surface area contributed by atoms with Crippen LogP contribution in [0.4, 0.5) is 0 Å². The smallest absolute Gasteiger partial charge is 0.222 e. The molecule has 2 N–H and O–H groups in total. The number of methoxy groups -OCH3 is 1. The number of hydrogen-bond acceptors (Lipinski definition) is 4. The first-order valence-electron chi connectivity index (χ1n) is 5.80. The van der Waals surface area contributed by atoms with E-state index < -0.39 is 0 Å². The second-order valence-electron chi connectivity index (χ2n) is 4.45. The molecular weight excluding hydrogens is 220 g/mol. The fraction of sp³-hybridized carbons (Fsp3) is 0.583. The topological polar surface area (TPSA) is 56.8 Å². The molecule has 0 aliphatic carbocycles. The van der Waals surface area contributed by atoms with Gasteiger partial charge in [-0.25, -0.2) is 0 Å². The largest absolute Gasteiger partial charge is 0.395 e. The molecule has 17 heavy (non-hydrogen) atoms. The molecule has 1 saturated heterocycles. The highest BCUT2D eigenvalue weighted by Crippen LogP contribution is 2.21. The highest BCUT2D eigenvalue weighted by atomic mass is 16.5. The molecule has 1 aliphatic heterocycles. The predicted molar refractivity (Wildman–Crippen MR) is 60.5 cm³/mol. The summed E-state index contributed by atoms with van der Waals surface area (Å²) < 4.78 is 6.36. The van der Waals surface area contributed by atoms with Crippen LogP contribution in [0.1, 0.15) is 12.0 Å². The van der Waals surface area contributed by atoms with Gasteiger partial charge in [-0.05, 0) is 12.0 Å². The third-order valence-corrected chi connectivity index (χ3v) is 3.30. The maximum atomic E-state index is 9.33. The molecule has 2 heterocycles. The first-order chi connectivity index (χ1) is 8.22. The van der Waals surface area contributed by atoms with Crippen LogP contribution in [0, 0.1) is 0 Å². The van der Waals surface area contributed by atoms with E-state index in [1.807, 2.05) is 12.1 Å². The molecule has 0 aromatic carbocycles. The molecule has 0 bridgehead atoms. The van der Waals surface area contributed by atoms with Gasteiger partial charge in [-0.3, -0.25) is 10.1 Å². The van der Waals surface area contributed by atoms with Crippen molar-refractivity contribution >= 4 is 0 Å². The Kier molecular flexibility index (Phi) is 3.93. The van der Waals surface area contributed by atoms with Crippen LogP contribution < -0.4 is 4.73 Å². The Balaban J connectivity index is 2.00. The molecule has 0 radical (unpaired) electrons. The highest BCUT2D eigenvalue weighted by Gasteiger charge is 2.31. The van der Waals surface area contributed by atoms with E-state index in [0.717, 1.165) is 29.8 Å². The second-order valence-corrected chi connectivity index (χ2v) is 4.45. The van der Waals surface area contributed by atoms with Crippen molar-refractivity contribution in [3.8, 4) is 0 Å². The zero-order valence-electron chi connectivity index (χ0n) is 9.99. The van der Waals surface area contributed by atoms with Crippen LogP contribution in [-0.2, 0) is 11.3 Å². The van der Waals surface area contributed by atoms with Crippen molar-refractivity contribution < 1.29 is 19.8 Å². The number of rotatable bonds is 4.